The van der Waals surface area contributed by atoms with E-state index < -0.39 is 11.0 Å². The average molecular weight is 468 g/mol. The maximum absolute atomic E-state index is 12.5. The molecule has 1 saturated heterocycles. The van der Waals surface area contributed by atoms with Gasteiger partial charge in [-0.3, -0.25) is 4.79 Å². The van der Waals surface area contributed by atoms with Crippen molar-refractivity contribution in [3.63, 3.8) is 0 Å². The largest absolute Gasteiger partial charge is 0.377 e. The van der Waals surface area contributed by atoms with E-state index in [0.717, 1.165) is 47.2 Å². The molecule has 1 aliphatic heterocycles. The van der Waals surface area contributed by atoms with Crippen LogP contribution >= 0.6 is 11.6 Å². The Morgan fingerprint density at radius 1 is 1.27 bits per heavy atom. The fraction of sp³-hybridized carbons (Fsp3) is 0.407. The molecule has 1 atom stereocenters. The second kappa shape index (κ2) is 9.60. The normalized spacial score (nSPS) is 18.5. The molecule has 5 nitrogen and oxygen atoms in total. The monoisotopic (exact) mass is 467 g/mol. The van der Waals surface area contributed by atoms with Crippen molar-refractivity contribution in [2.45, 2.75) is 44.6 Å². The molecule has 2 aromatic rings. The molecule has 3 rings (SSSR count). The van der Waals surface area contributed by atoms with Gasteiger partial charge in [-0.1, -0.05) is 36.4 Å². The van der Waals surface area contributed by atoms with Crippen LogP contribution in [0.1, 0.15) is 43.4 Å². The van der Waals surface area contributed by atoms with E-state index in [1.54, 1.807) is 0 Å². The Labute approximate surface area is 202 Å². The highest BCUT2D eigenvalue weighted by atomic mass is 35.5. The van der Waals surface area contributed by atoms with Gasteiger partial charge in [-0.25, -0.2) is 0 Å². The Kier molecular flexibility index (Phi) is 7.23. The summed E-state index contributed by atoms with van der Waals surface area (Å²) >= 11 is 6.51. The van der Waals surface area contributed by atoms with Gasteiger partial charge in [-0.15, -0.1) is 0 Å². The van der Waals surface area contributed by atoms with Crippen LogP contribution in [0.25, 0.3) is 0 Å². The van der Waals surface area contributed by atoms with Crippen LogP contribution in [0.3, 0.4) is 0 Å². The summed E-state index contributed by atoms with van der Waals surface area (Å²) in [7, 11) is 3.96. The number of carbonyl (C=O) groups excluding carboxylic acids is 2. The minimum Gasteiger partial charge on any atom is -0.377 e. The first-order valence-electron chi connectivity index (χ1n) is 11.3. The highest BCUT2D eigenvalue weighted by Gasteiger charge is 2.40. The zero-order valence-electron chi connectivity index (χ0n) is 20.2. The van der Waals surface area contributed by atoms with E-state index in [0.29, 0.717) is 18.1 Å². The molecule has 1 fully saturated rings. The maximum atomic E-state index is 12.5. The number of hydrogen-bond donors (Lipinski definition) is 1. The Morgan fingerprint density at radius 3 is 2.64 bits per heavy atom. The van der Waals surface area contributed by atoms with Crippen molar-refractivity contribution in [1.82, 2.24) is 4.90 Å². The van der Waals surface area contributed by atoms with Crippen molar-refractivity contribution in [2.24, 2.45) is 0 Å². The number of piperidine rings is 1. The second-order valence-electron chi connectivity index (χ2n) is 9.65. The Bertz CT molecular complexity index is 1060. The highest BCUT2D eigenvalue weighted by Crippen LogP contribution is 2.40. The molecule has 6 heteroatoms. The van der Waals surface area contributed by atoms with E-state index in [2.05, 4.69) is 24.0 Å². The number of carbonyl (C=O) groups is 2. The molecule has 2 aromatic carbocycles. The molecule has 0 spiro atoms. The summed E-state index contributed by atoms with van der Waals surface area (Å²) < 4.78 is 0. The fourth-order valence-electron chi connectivity index (χ4n) is 4.75. The number of halogens is 1. The van der Waals surface area contributed by atoms with Crippen LogP contribution in [0.4, 0.5) is 11.4 Å². The summed E-state index contributed by atoms with van der Waals surface area (Å²) in [5, 5.41) is 4.48. The van der Waals surface area contributed by atoms with Gasteiger partial charge >= 0.3 is 0 Å². The molecule has 0 saturated carbocycles. The van der Waals surface area contributed by atoms with Crippen molar-refractivity contribution in [3.8, 4) is 0 Å². The van der Waals surface area contributed by atoms with Crippen LogP contribution < -0.4 is 10.2 Å². The van der Waals surface area contributed by atoms with Crippen molar-refractivity contribution in [3.05, 3.63) is 70.8 Å². The quantitative estimate of drug-likeness (QED) is 0.443. The number of amides is 1. The Balaban J connectivity index is 2.12. The van der Waals surface area contributed by atoms with Crippen molar-refractivity contribution < 1.29 is 9.59 Å². The third-order valence-electron chi connectivity index (χ3n) is 6.61. The summed E-state index contributed by atoms with van der Waals surface area (Å²) in [5.41, 5.74) is 3.86. The molecular weight excluding hydrogens is 434 g/mol. The number of nitrogens with one attached hydrogen (secondary N) is 1. The van der Waals surface area contributed by atoms with E-state index in [1.807, 2.05) is 68.9 Å². The average Bonchev–Trinajstić information content (AvgIpc) is 2.80. The summed E-state index contributed by atoms with van der Waals surface area (Å²) in [4.78, 5) is 28.2. The van der Waals surface area contributed by atoms with E-state index in [-0.39, 0.29) is 5.91 Å². The summed E-state index contributed by atoms with van der Waals surface area (Å²) in [5.74, 6) is -0.0717. The molecule has 176 valence electrons. The summed E-state index contributed by atoms with van der Waals surface area (Å²) in [6, 6.07) is 12.1. The van der Waals surface area contributed by atoms with Crippen LogP contribution in [0.15, 0.2) is 49.1 Å². The molecule has 33 heavy (non-hydrogen) atoms. The number of likely N-dealkylation sites (tertiary alicyclic amines) is 1. The van der Waals surface area contributed by atoms with E-state index >= 15 is 0 Å². The Morgan fingerprint density at radius 2 is 2.00 bits per heavy atom. The number of nitrogens with zero attached hydrogens (tertiary/aromatic N) is 2. The predicted octanol–water partition coefficient (Wildman–Crippen LogP) is 5.31. The van der Waals surface area contributed by atoms with Crippen molar-refractivity contribution in [1.29, 1.82) is 0 Å². The van der Waals surface area contributed by atoms with Crippen LogP contribution in [0.5, 0.6) is 0 Å². The predicted molar refractivity (Wildman–Crippen MR) is 137 cm³/mol. The van der Waals surface area contributed by atoms with Crippen LogP contribution in [0, 0.1) is 6.92 Å². The SMILES string of the molecule is C=CC(=O)N1CCCC(Nc2ccc(C(C)(C)C=O)c(N(C)C)c2)(c2cccc(Cl)c2C)C1. The van der Waals surface area contributed by atoms with Crippen molar-refractivity contribution >= 4 is 35.2 Å². The molecule has 1 amide bonds. The van der Waals surface area contributed by atoms with Gasteiger partial charge in [0.25, 0.3) is 0 Å². The van der Waals surface area contributed by atoms with Gasteiger partial charge in [-0.2, -0.15) is 0 Å². The lowest BCUT2D eigenvalue weighted by Gasteiger charge is -2.45. The Hall–Kier alpha value is -2.79. The van der Waals surface area contributed by atoms with Crippen LogP contribution in [0.2, 0.25) is 5.02 Å². The summed E-state index contributed by atoms with van der Waals surface area (Å²) in [6.45, 7) is 10.8. The first kappa shape index (κ1) is 24.8. The fourth-order valence-corrected chi connectivity index (χ4v) is 4.93. The lowest BCUT2D eigenvalue weighted by Crippen LogP contribution is -2.52. The van der Waals surface area contributed by atoms with Gasteiger partial charge in [0.1, 0.15) is 6.29 Å². The van der Waals surface area contributed by atoms with Crippen LogP contribution in [-0.2, 0) is 20.5 Å². The third-order valence-corrected chi connectivity index (χ3v) is 7.02. The highest BCUT2D eigenvalue weighted by molar-refractivity contribution is 6.31. The summed E-state index contributed by atoms with van der Waals surface area (Å²) in [6.07, 6.45) is 4.07. The number of hydrogen-bond acceptors (Lipinski definition) is 4. The van der Waals surface area contributed by atoms with Gasteiger partial charge in [0.15, 0.2) is 0 Å². The van der Waals surface area contributed by atoms with Crippen LogP contribution in [-0.4, -0.2) is 44.3 Å². The zero-order chi connectivity index (χ0) is 24.4. The number of rotatable bonds is 7. The lowest BCUT2D eigenvalue weighted by atomic mass is 9.79. The second-order valence-corrected chi connectivity index (χ2v) is 10.1. The lowest BCUT2D eigenvalue weighted by molar-refractivity contribution is -0.128. The van der Waals surface area contributed by atoms with Gasteiger partial charge in [0.05, 0.1) is 5.54 Å². The number of anilines is 2. The molecule has 1 unspecified atom stereocenters. The van der Waals surface area contributed by atoms with Gasteiger partial charge in [-0.05, 0) is 74.6 Å². The van der Waals surface area contributed by atoms with Gasteiger partial charge in [0, 0.05) is 49.0 Å². The minimum absolute atomic E-state index is 0.0717. The molecule has 0 aliphatic carbocycles. The molecule has 0 aromatic heterocycles. The van der Waals surface area contributed by atoms with E-state index in [1.165, 1.54) is 6.08 Å². The topological polar surface area (TPSA) is 52.7 Å². The zero-order valence-corrected chi connectivity index (χ0v) is 21.0. The number of aldehydes is 1. The first-order valence-corrected chi connectivity index (χ1v) is 11.7. The maximum Gasteiger partial charge on any atom is 0.246 e. The van der Waals surface area contributed by atoms with Gasteiger partial charge < -0.3 is 19.9 Å². The molecule has 1 aliphatic rings. The van der Waals surface area contributed by atoms with E-state index in [4.69, 9.17) is 11.6 Å². The number of benzene rings is 2. The molecule has 0 radical (unpaired) electrons. The third kappa shape index (κ3) is 4.93. The van der Waals surface area contributed by atoms with Gasteiger partial charge in [0.2, 0.25) is 5.91 Å². The standard InChI is InChI=1S/C27H34ClN3O2/c1-7-25(33)31-15-9-14-27(17-31,21-10-8-11-23(28)19(21)2)29-20-12-13-22(26(3,4)18-32)24(16-20)30(5)6/h7-8,10-13,16,18,29H,1,9,14-15,17H2,2-6H3. The molecular formula is C27H34ClN3O2. The first-order chi connectivity index (χ1) is 15.5. The molecule has 1 heterocycles. The molecule has 1 N–H and O–H groups in total. The van der Waals surface area contributed by atoms with E-state index in [9.17, 15) is 9.59 Å². The van der Waals surface area contributed by atoms with Crippen molar-refractivity contribution in [2.75, 3.05) is 37.4 Å². The molecule has 0 bridgehead atoms. The smallest absolute Gasteiger partial charge is 0.246 e. The minimum atomic E-state index is -0.600.